The molecule has 1 fully saturated rings. The summed E-state index contributed by atoms with van der Waals surface area (Å²) < 4.78 is 0. The van der Waals surface area contributed by atoms with E-state index in [4.69, 9.17) is 0 Å². The number of hydrogen-bond acceptors (Lipinski definition) is 3. The second-order valence-electron chi connectivity index (χ2n) is 5.37. The van der Waals surface area contributed by atoms with E-state index in [1.807, 2.05) is 12.1 Å². The van der Waals surface area contributed by atoms with E-state index >= 15 is 0 Å². The van der Waals surface area contributed by atoms with Gasteiger partial charge in [0.05, 0.1) is 12.1 Å². The number of carbonyl (C=O) groups is 1. The summed E-state index contributed by atoms with van der Waals surface area (Å²) in [7, 11) is 0. The highest BCUT2D eigenvalue weighted by molar-refractivity contribution is 5.59. The third-order valence-corrected chi connectivity index (χ3v) is 4.05. The first-order valence-electron chi connectivity index (χ1n) is 7.42. The molecule has 0 bridgehead atoms. The minimum absolute atomic E-state index is 0.0795. The van der Waals surface area contributed by atoms with Gasteiger partial charge in [0.2, 0.25) is 0 Å². The minimum atomic E-state index is -0.0795. The third kappa shape index (κ3) is 3.04. The summed E-state index contributed by atoms with van der Waals surface area (Å²) in [6.45, 7) is 2.51. The van der Waals surface area contributed by atoms with Gasteiger partial charge >= 0.3 is 0 Å². The van der Waals surface area contributed by atoms with Gasteiger partial charge in [-0.1, -0.05) is 60.7 Å². The summed E-state index contributed by atoms with van der Waals surface area (Å²) in [6.07, 6.45) is 1.06. The summed E-state index contributed by atoms with van der Waals surface area (Å²) in [5.74, 6) is 0. The Kier molecular flexibility index (Phi) is 4.43. The molecule has 1 N–H and O–H groups in total. The lowest BCUT2D eigenvalue weighted by Crippen LogP contribution is -2.53. The zero-order valence-corrected chi connectivity index (χ0v) is 12.0. The van der Waals surface area contributed by atoms with Crippen LogP contribution in [0.15, 0.2) is 60.7 Å². The van der Waals surface area contributed by atoms with E-state index in [0.29, 0.717) is 0 Å². The van der Waals surface area contributed by atoms with Crippen LogP contribution in [0.2, 0.25) is 0 Å². The highest BCUT2D eigenvalue weighted by Gasteiger charge is 2.30. The highest BCUT2D eigenvalue weighted by Crippen LogP contribution is 2.30. The van der Waals surface area contributed by atoms with Crippen LogP contribution in [-0.2, 0) is 4.79 Å². The van der Waals surface area contributed by atoms with Crippen LogP contribution in [-0.4, -0.2) is 36.9 Å². The monoisotopic (exact) mass is 280 g/mol. The molecular weight excluding hydrogens is 260 g/mol. The van der Waals surface area contributed by atoms with Crippen LogP contribution in [0, 0.1) is 0 Å². The Labute approximate surface area is 125 Å². The summed E-state index contributed by atoms with van der Waals surface area (Å²) in [5, 5.41) is 3.30. The number of carbonyl (C=O) groups excluding carboxylic acids is 1. The van der Waals surface area contributed by atoms with Gasteiger partial charge in [-0.25, -0.2) is 0 Å². The van der Waals surface area contributed by atoms with Crippen molar-refractivity contribution in [3.05, 3.63) is 71.8 Å². The second kappa shape index (κ2) is 6.66. The predicted octanol–water partition coefficient (Wildman–Crippen LogP) is 2.25. The van der Waals surface area contributed by atoms with Crippen molar-refractivity contribution in [3.63, 3.8) is 0 Å². The zero-order chi connectivity index (χ0) is 14.5. The van der Waals surface area contributed by atoms with Crippen LogP contribution >= 0.6 is 0 Å². The molecule has 3 nitrogen and oxygen atoms in total. The van der Waals surface area contributed by atoms with Gasteiger partial charge in [0.15, 0.2) is 0 Å². The molecule has 2 aromatic rings. The lowest BCUT2D eigenvalue weighted by atomic mass is 9.95. The topological polar surface area (TPSA) is 32.3 Å². The molecule has 1 aliphatic rings. The summed E-state index contributed by atoms with van der Waals surface area (Å²) in [4.78, 5) is 13.8. The quantitative estimate of drug-likeness (QED) is 0.872. The highest BCUT2D eigenvalue weighted by atomic mass is 16.1. The molecule has 0 radical (unpaired) electrons. The Morgan fingerprint density at radius 3 is 2.10 bits per heavy atom. The maximum Gasteiger partial charge on any atom is 0.138 e. The Morgan fingerprint density at radius 1 is 1.00 bits per heavy atom. The van der Waals surface area contributed by atoms with Gasteiger partial charge < -0.3 is 10.1 Å². The van der Waals surface area contributed by atoms with Gasteiger partial charge in [-0.05, 0) is 11.1 Å². The standard InChI is InChI=1S/C18H20N2O/c21-14-17-13-19-11-12-20(17)18(15-7-3-1-4-8-15)16-9-5-2-6-10-16/h1-10,14,17-19H,11-13H2. The molecule has 2 aromatic carbocycles. The van der Waals surface area contributed by atoms with Crippen LogP contribution in [0.3, 0.4) is 0 Å². The molecule has 21 heavy (non-hydrogen) atoms. The van der Waals surface area contributed by atoms with Crippen LogP contribution < -0.4 is 5.32 Å². The van der Waals surface area contributed by atoms with E-state index in [0.717, 1.165) is 25.9 Å². The van der Waals surface area contributed by atoms with Gasteiger partial charge in [-0.15, -0.1) is 0 Å². The molecule has 3 heteroatoms. The van der Waals surface area contributed by atoms with Gasteiger partial charge in [-0.3, -0.25) is 4.90 Å². The average molecular weight is 280 g/mol. The van der Waals surface area contributed by atoms with Gasteiger partial charge in [0.1, 0.15) is 6.29 Å². The van der Waals surface area contributed by atoms with Crippen molar-refractivity contribution in [1.82, 2.24) is 10.2 Å². The lowest BCUT2D eigenvalue weighted by molar-refractivity contribution is -0.113. The SMILES string of the molecule is O=CC1CNCCN1C(c1ccccc1)c1ccccc1. The second-order valence-corrected chi connectivity index (χ2v) is 5.37. The number of piperazine rings is 1. The van der Waals surface area contributed by atoms with Crippen LogP contribution in [0.5, 0.6) is 0 Å². The largest absolute Gasteiger partial charge is 0.313 e. The molecular formula is C18H20N2O. The summed E-state index contributed by atoms with van der Waals surface area (Å²) >= 11 is 0. The summed E-state index contributed by atoms with van der Waals surface area (Å²) in [5.41, 5.74) is 2.47. The van der Waals surface area contributed by atoms with E-state index in [1.165, 1.54) is 11.1 Å². The lowest BCUT2D eigenvalue weighted by Gasteiger charge is -2.39. The predicted molar refractivity (Wildman–Crippen MR) is 84.2 cm³/mol. The Morgan fingerprint density at radius 2 is 1.57 bits per heavy atom. The van der Waals surface area contributed by atoms with Crippen LogP contribution in [0.1, 0.15) is 17.2 Å². The first kappa shape index (κ1) is 14.0. The fourth-order valence-electron chi connectivity index (χ4n) is 3.03. The molecule has 108 valence electrons. The fraction of sp³-hybridized carbons (Fsp3) is 0.278. The van der Waals surface area contributed by atoms with Gasteiger partial charge in [0.25, 0.3) is 0 Å². The Bertz CT molecular complexity index is 531. The molecule has 1 heterocycles. The Balaban J connectivity index is 2.01. The molecule has 1 atom stereocenters. The summed E-state index contributed by atoms with van der Waals surface area (Å²) in [6, 6.07) is 20.9. The first-order chi connectivity index (χ1) is 10.4. The molecule has 1 aliphatic heterocycles. The van der Waals surface area contributed by atoms with E-state index in [-0.39, 0.29) is 12.1 Å². The first-order valence-corrected chi connectivity index (χ1v) is 7.42. The number of nitrogens with one attached hydrogen (secondary N) is 1. The molecule has 0 amide bonds. The van der Waals surface area contributed by atoms with Crippen molar-refractivity contribution in [2.24, 2.45) is 0 Å². The van der Waals surface area contributed by atoms with Crippen LogP contribution in [0.4, 0.5) is 0 Å². The molecule has 0 aliphatic carbocycles. The number of hydrogen-bond donors (Lipinski definition) is 1. The van der Waals surface area contributed by atoms with Crippen molar-refractivity contribution in [3.8, 4) is 0 Å². The van der Waals surface area contributed by atoms with Crippen molar-refractivity contribution >= 4 is 6.29 Å². The van der Waals surface area contributed by atoms with Crippen molar-refractivity contribution in [2.75, 3.05) is 19.6 Å². The van der Waals surface area contributed by atoms with Crippen LogP contribution in [0.25, 0.3) is 0 Å². The van der Waals surface area contributed by atoms with E-state index in [1.54, 1.807) is 0 Å². The Hall–Kier alpha value is -1.97. The number of benzene rings is 2. The molecule has 3 rings (SSSR count). The molecule has 1 saturated heterocycles. The van der Waals surface area contributed by atoms with Crippen molar-refractivity contribution in [2.45, 2.75) is 12.1 Å². The molecule has 0 aromatic heterocycles. The normalized spacial score (nSPS) is 19.6. The van der Waals surface area contributed by atoms with Crippen molar-refractivity contribution < 1.29 is 4.79 Å². The third-order valence-electron chi connectivity index (χ3n) is 4.05. The molecule has 1 unspecified atom stereocenters. The number of nitrogens with zero attached hydrogens (tertiary/aromatic N) is 1. The van der Waals surface area contributed by atoms with Gasteiger partial charge in [-0.2, -0.15) is 0 Å². The van der Waals surface area contributed by atoms with E-state index in [2.05, 4.69) is 58.7 Å². The zero-order valence-electron chi connectivity index (χ0n) is 12.0. The smallest absolute Gasteiger partial charge is 0.138 e. The fourth-order valence-corrected chi connectivity index (χ4v) is 3.03. The maximum atomic E-state index is 11.5. The number of rotatable bonds is 4. The van der Waals surface area contributed by atoms with Gasteiger partial charge in [0, 0.05) is 19.6 Å². The van der Waals surface area contributed by atoms with E-state index in [9.17, 15) is 4.79 Å². The molecule has 0 saturated carbocycles. The van der Waals surface area contributed by atoms with E-state index < -0.39 is 0 Å². The number of aldehydes is 1. The van der Waals surface area contributed by atoms with Crippen molar-refractivity contribution in [1.29, 1.82) is 0 Å². The average Bonchev–Trinajstić information content (AvgIpc) is 2.58. The maximum absolute atomic E-state index is 11.5. The molecule has 0 spiro atoms. The minimum Gasteiger partial charge on any atom is -0.313 e.